The average molecular weight is 522 g/mol. The van der Waals surface area contributed by atoms with Crippen LogP contribution in [0.2, 0.25) is 0 Å². The van der Waals surface area contributed by atoms with Gasteiger partial charge in [-0.15, -0.1) is 0 Å². The lowest BCUT2D eigenvalue weighted by Crippen LogP contribution is -1.97. The van der Waals surface area contributed by atoms with E-state index in [0.717, 1.165) is 61.6 Å². The molecule has 4 N–H and O–H groups in total. The molecule has 0 amide bonds. The Morgan fingerprint density at radius 3 is 1.95 bits per heavy atom. The van der Waals surface area contributed by atoms with Gasteiger partial charge in [-0.1, -0.05) is 98.1 Å². The normalized spacial score (nSPS) is 12.8. The van der Waals surface area contributed by atoms with Gasteiger partial charge >= 0.3 is 0 Å². The van der Waals surface area contributed by atoms with Crippen LogP contribution in [-0.4, -0.2) is 5.71 Å². The molecule has 198 valence electrons. The molecule has 0 aromatic heterocycles. The summed E-state index contributed by atoms with van der Waals surface area (Å²) in [5, 5.41) is 0. The van der Waals surface area contributed by atoms with Crippen molar-refractivity contribution in [3.05, 3.63) is 163 Å². The summed E-state index contributed by atoms with van der Waals surface area (Å²) in [5.74, 6) is 0. The molecule has 4 rings (SSSR count). The second-order valence-electron chi connectivity index (χ2n) is 9.63. The summed E-state index contributed by atoms with van der Waals surface area (Å²) in [6, 6.07) is 34.2. The lowest BCUT2D eigenvalue weighted by molar-refractivity contribution is 1.44. The first-order valence-corrected chi connectivity index (χ1v) is 13.2. The highest BCUT2D eigenvalue weighted by molar-refractivity contribution is 6.03. The molecule has 0 bridgehead atoms. The van der Waals surface area contributed by atoms with Crippen molar-refractivity contribution >= 4 is 33.9 Å². The van der Waals surface area contributed by atoms with Crippen LogP contribution in [0.5, 0.6) is 0 Å². The van der Waals surface area contributed by atoms with Crippen LogP contribution in [0.25, 0.3) is 28.0 Å². The number of rotatable bonds is 9. The zero-order valence-electron chi connectivity index (χ0n) is 23.1. The SMILES string of the molecule is C=C\C=C(/C=C(C)/C(C)=N/C(=C\C(=C)c1ccccc1)c1cccc(-c2cccc(N)c2)c1)c1cccc(N)c1. The van der Waals surface area contributed by atoms with Crippen LogP contribution in [0.15, 0.2) is 151 Å². The number of nitrogens with two attached hydrogens (primary N) is 2. The number of hydrogen-bond donors (Lipinski definition) is 2. The van der Waals surface area contributed by atoms with E-state index in [-0.39, 0.29) is 0 Å². The van der Waals surface area contributed by atoms with Crippen LogP contribution in [0, 0.1) is 0 Å². The molecule has 3 heteroatoms. The van der Waals surface area contributed by atoms with Crippen LogP contribution in [0.4, 0.5) is 11.4 Å². The Hall–Kier alpha value is -5.15. The summed E-state index contributed by atoms with van der Waals surface area (Å²) < 4.78 is 0. The Labute approximate surface area is 237 Å². The molecule has 0 atom stereocenters. The van der Waals surface area contributed by atoms with Crippen LogP contribution >= 0.6 is 0 Å². The van der Waals surface area contributed by atoms with E-state index >= 15 is 0 Å². The maximum absolute atomic E-state index is 6.07. The number of nitrogens with zero attached hydrogens (tertiary/aromatic N) is 1. The van der Waals surface area contributed by atoms with Gasteiger partial charge in [-0.05, 0) is 95.3 Å². The van der Waals surface area contributed by atoms with Crippen molar-refractivity contribution in [2.75, 3.05) is 11.5 Å². The molecule has 4 aromatic rings. The molecule has 0 spiro atoms. The summed E-state index contributed by atoms with van der Waals surface area (Å²) in [6.45, 7) is 12.3. The van der Waals surface area contributed by atoms with Gasteiger partial charge < -0.3 is 11.5 Å². The van der Waals surface area contributed by atoms with Crippen LogP contribution in [0.3, 0.4) is 0 Å². The lowest BCUT2D eigenvalue weighted by atomic mass is 9.99. The van der Waals surface area contributed by atoms with Gasteiger partial charge in [0, 0.05) is 22.6 Å². The molecule has 0 fully saturated rings. The van der Waals surface area contributed by atoms with Gasteiger partial charge in [-0.3, -0.25) is 4.99 Å². The van der Waals surface area contributed by atoms with E-state index in [4.69, 9.17) is 16.5 Å². The van der Waals surface area contributed by atoms with Crippen molar-refractivity contribution in [3.63, 3.8) is 0 Å². The highest BCUT2D eigenvalue weighted by atomic mass is 14.8. The Balaban J connectivity index is 1.79. The first kappa shape index (κ1) is 27.9. The Morgan fingerprint density at radius 1 is 0.675 bits per heavy atom. The second kappa shape index (κ2) is 13.1. The minimum Gasteiger partial charge on any atom is -0.399 e. The number of aliphatic imine (C=N–C) groups is 1. The van der Waals surface area contributed by atoms with Crippen LogP contribution in [0.1, 0.15) is 30.5 Å². The first-order chi connectivity index (χ1) is 19.3. The summed E-state index contributed by atoms with van der Waals surface area (Å²) in [4.78, 5) is 5.14. The van der Waals surface area contributed by atoms with Gasteiger partial charge in [-0.2, -0.15) is 0 Å². The van der Waals surface area contributed by atoms with Crippen molar-refractivity contribution in [1.29, 1.82) is 0 Å². The van der Waals surface area contributed by atoms with Crippen LogP contribution < -0.4 is 11.5 Å². The Morgan fingerprint density at radius 2 is 1.27 bits per heavy atom. The largest absolute Gasteiger partial charge is 0.399 e. The molecule has 0 saturated heterocycles. The highest BCUT2D eigenvalue weighted by Crippen LogP contribution is 2.29. The average Bonchev–Trinajstić information content (AvgIpc) is 2.97. The molecule has 4 aromatic carbocycles. The van der Waals surface area contributed by atoms with E-state index < -0.39 is 0 Å². The number of anilines is 2. The quantitative estimate of drug-likeness (QED) is 0.131. The van der Waals surface area contributed by atoms with Gasteiger partial charge in [0.05, 0.1) is 5.70 Å². The minimum atomic E-state index is 0.716. The molecular weight excluding hydrogens is 486 g/mol. The zero-order chi connectivity index (χ0) is 28.5. The van der Waals surface area contributed by atoms with E-state index in [9.17, 15) is 0 Å². The summed E-state index contributed by atoms with van der Waals surface area (Å²) in [6.07, 6.45) is 7.92. The maximum atomic E-state index is 6.07. The fourth-order valence-electron chi connectivity index (χ4n) is 4.34. The monoisotopic (exact) mass is 521 g/mol. The summed E-state index contributed by atoms with van der Waals surface area (Å²) in [5.41, 5.74) is 23.4. The molecule has 3 nitrogen and oxygen atoms in total. The molecule has 0 saturated carbocycles. The number of benzene rings is 4. The molecular formula is C37H35N3. The van der Waals surface area contributed by atoms with Crippen LogP contribution in [-0.2, 0) is 0 Å². The van der Waals surface area contributed by atoms with Crippen molar-refractivity contribution in [2.24, 2.45) is 4.99 Å². The maximum Gasteiger partial charge on any atom is 0.0711 e. The summed E-state index contributed by atoms with van der Waals surface area (Å²) >= 11 is 0. The third-order valence-corrected chi connectivity index (χ3v) is 6.58. The van der Waals surface area contributed by atoms with Crippen molar-refractivity contribution in [2.45, 2.75) is 13.8 Å². The van der Waals surface area contributed by atoms with Gasteiger partial charge in [0.25, 0.3) is 0 Å². The van der Waals surface area contributed by atoms with Crippen molar-refractivity contribution in [3.8, 4) is 11.1 Å². The molecule has 0 heterocycles. The zero-order valence-corrected chi connectivity index (χ0v) is 23.1. The van der Waals surface area contributed by atoms with Gasteiger partial charge in [0.15, 0.2) is 0 Å². The first-order valence-electron chi connectivity index (χ1n) is 13.2. The summed E-state index contributed by atoms with van der Waals surface area (Å²) in [7, 11) is 0. The Bertz CT molecular complexity index is 1650. The third kappa shape index (κ3) is 7.24. The van der Waals surface area contributed by atoms with Gasteiger partial charge in [0.1, 0.15) is 0 Å². The van der Waals surface area contributed by atoms with E-state index in [1.165, 1.54) is 0 Å². The van der Waals surface area contributed by atoms with Crippen molar-refractivity contribution in [1.82, 2.24) is 0 Å². The molecule has 0 aliphatic rings. The number of nitrogen functional groups attached to an aromatic ring is 2. The predicted molar refractivity (Wildman–Crippen MR) is 176 cm³/mol. The van der Waals surface area contributed by atoms with E-state index in [1.807, 2.05) is 85.8 Å². The van der Waals surface area contributed by atoms with E-state index in [2.05, 4.69) is 62.6 Å². The number of hydrogen-bond acceptors (Lipinski definition) is 3. The second-order valence-corrected chi connectivity index (χ2v) is 9.63. The van der Waals surface area contributed by atoms with E-state index in [1.54, 1.807) is 6.08 Å². The minimum absolute atomic E-state index is 0.716. The molecule has 0 unspecified atom stereocenters. The molecule has 0 aliphatic heterocycles. The molecule has 40 heavy (non-hydrogen) atoms. The molecule has 0 radical (unpaired) electrons. The predicted octanol–water partition coefficient (Wildman–Crippen LogP) is 9.25. The van der Waals surface area contributed by atoms with Gasteiger partial charge in [-0.25, -0.2) is 0 Å². The standard InChI is InChI=1S/C37H35N3/c1-5-12-30(32-16-10-19-35(38)24-32)21-26(2)28(4)40-37(22-27(3)29-13-7-6-8-14-29)34-18-9-15-31(23-34)33-17-11-20-36(39)25-33/h5-25H,1,3,38-39H2,2,4H3/b26-21+,30-12+,37-22-,40-28+. The fraction of sp³-hybridized carbons (Fsp3) is 0.0541. The molecule has 0 aliphatic carbocycles. The Kier molecular flexibility index (Phi) is 9.11. The third-order valence-electron chi connectivity index (χ3n) is 6.58. The fourth-order valence-corrected chi connectivity index (χ4v) is 4.34. The topological polar surface area (TPSA) is 64.4 Å². The highest BCUT2D eigenvalue weighted by Gasteiger charge is 2.08. The van der Waals surface area contributed by atoms with Gasteiger partial charge in [0.2, 0.25) is 0 Å². The van der Waals surface area contributed by atoms with E-state index in [0.29, 0.717) is 5.69 Å². The van der Waals surface area contributed by atoms with Crippen molar-refractivity contribution < 1.29 is 0 Å². The smallest absolute Gasteiger partial charge is 0.0711 e. The number of allylic oxidation sites excluding steroid dienone is 7. The lowest BCUT2D eigenvalue weighted by Gasteiger charge is -2.11.